The third-order valence-electron chi connectivity index (χ3n) is 1.92. The Morgan fingerprint density at radius 1 is 0.900 bits per heavy atom. The van der Waals surface area contributed by atoms with Gasteiger partial charge in [-0.15, -0.1) is 0 Å². The lowest BCUT2D eigenvalue weighted by Crippen LogP contribution is -2.10. The smallest absolute Gasteiger partial charge is 0.0918 e. The van der Waals surface area contributed by atoms with Crippen LogP contribution in [0.4, 0.5) is 0 Å². The summed E-state index contributed by atoms with van der Waals surface area (Å²) in [6.45, 7) is 12.7. The molecule has 62 valence electrons. The minimum Gasteiger partial charge on any atom is -0.364 e. The summed E-state index contributed by atoms with van der Waals surface area (Å²) < 4.78 is 5.29. The van der Waals surface area contributed by atoms with Crippen molar-refractivity contribution in [1.29, 1.82) is 0 Å². The molecule has 0 aromatic heterocycles. The number of epoxide rings is 1. The van der Waals surface area contributed by atoms with Crippen molar-refractivity contribution in [3.63, 3.8) is 0 Å². The minimum absolute atomic E-state index is 0.146. The molecule has 0 spiro atoms. The highest BCUT2D eigenvalue weighted by Crippen LogP contribution is 2.46. The number of hydrogen-bond donors (Lipinski definition) is 0. The standard InChI is InChI=1S/C6H12O.C3H8/c1-5(2)6(3,4)7-5;1-3-2/h1-4H3;3H2,1-2H3. The largest absolute Gasteiger partial charge is 0.364 e. The Bertz CT molecular complexity index is 91.3. The van der Waals surface area contributed by atoms with E-state index in [4.69, 9.17) is 4.74 Å². The van der Waals surface area contributed by atoms with Gasteiger partial charge in [0.25, 0.3) is 0 Å². The topological polar surface area (TPSA) is 12.5 Å². The van der Waals surface area contributed by atoms with E-state index in [0.29, 0.717) is 0 Å². The average Bonchev–Trinajstić information content (AvgIpc) is 2.04. The molecular weight excluding hydrogens is 124 g/mol. The highest BCUT2D eigenvalue weighted by atomic mass is 16.6. The zero-order chi connectivity index (χ0) is 8.41. The number of rotatable bonds is 0. The molecule has 10 heavy (non-hydrogen) atoms. The monoisotopic (exact) mass is 144 g/mol. The summed E-state index contributed by atoms with van der Waals surface area (Å²) in [5.41, 5.74) is 0.292. The van der Waals surface area contributed by atoms with Crippen LogP contribution in [-0.4, -0.2) is 11.2 Å². The van der Waals surface area contributed by atoms with Crippen LogP contribution in [0.25, 0.3) is 0 Å². The van der Waals surface area contributed by atoms with Crippen molar-refractivity contribution in [3.8, 4) is 0 Å². The molecular formula is C9H20O. The predicted octanol–water partition coefficient (Wildman–Crippen LogP) is 2.99. The fourth-order valence-corrected chi connectivity index (χ4v) is 0.612. The molecule has 0 aromatic carbocycles. The normalized spacial score (nSPS) is 24.6. The molecule has 0 N–H and O–H groups in total. The third-order valence-corrected chi connectivity index (χ3v) is 1.92. The summed E-state index contributed by atoms with van der Waals surface area (Å²) in [5, 5.41) is 0. The van der Waals surface area contributed by atoms with Gasteiger partial charge < -0.3 is 4.74 Å². The highest BCUT2D eigenvalue weighted by molar-refractivity contribution is 5.03. The Labute approximate surface area is 64.8 Å². The Balaban J connectivity index is 0.000000236. The van der Waals surface area contributed by atoms with Crippen LogP contribution in [0.2, 0.25) is 0 Å². The van der Waals surface area contributed by atoms with Crippen LogP contribution in [0.15, 0.2) is 0 Å². The predicted molar refractivity (Wildman–Crippen MR) is 45.2 cm³/mol. The Kier molecular flexibility index (Phi) is 2.90. The lowest BCUT2D eigenvalue weighted by atomic mass is 10.0. The number of ether oxygens (including phenoxy) is 1. The third kappa shape index (κ3) is 2.30. The molecule has 0 unspecified atom stereocenters. The first-order valence-corrected chi connectivity index (χ1v) is 4.07. The molecule has 1 heterocycles. The molecule has 1 aliphatic rings. The van der Waals surface area contributed by atoms with Crippen molar-refractivity contribution in [1.82, 2.24) is 0 Å². The van der Waals surface area contributed by atoms with Crippen molar-refractivity contribution in [2.24, 2.45) is 0 Å². The molecule has 0 atom stereocenters. The summed E-state index contributed by atoms with van der Waals surface area (Å²) >= 11 is 0. The van der Waals surface area contributed by atoms with Gasteiger partial charge in [0, 0.05) is 0 Å². The molecule has 0 saturated carbocycles. The second-order valence-electron chi connectivity index (χ2n) is 3.83. The quantitative estimate of drug-likeness (QED) is 0.476. The molecule has 1 aliphatic heterocycles. The van der Waals surface area contributed by atoms with Gasteiger partial charge in [0.15, 0.2) is 0 Å². The molecule has 0 radical (unpaired) electrons. The molecule has 1 rings (SSSR count). The molecule has 1 fully saturated rings. The van der Waals surface area contributed by atoms with E-state index in [1.54, 1.807) is 0 Å². The summed E-state index contributed by atoms with van der Waals surface area (Å²) in [4.78, 5) is 0. The first kappa shape index (κ1) is 9.96. The van der Waals surface area contributed by atoms with Gasteiger partial charge in [-0.25, -0.2) is 0 Å². The summed E-state index contributed by atoms with van der Waals surface area (Å²) in [6, 6.07) is 0. The second-order valence-corrected chi connectivity index (χ2v) is 3.83. The maximum atomic E-state index is 5.29. The van der Waals surface area contributed by atoms with Crippen LogP contribution in [0, 0.1) is 0 Å². The Morgan fingerprint density at radius 2 is 1.00 bits per heavy atom. The first-order chi connectivity index (χ1) is 4.37. The summed E-state index contributed by atoms with van der Waals surface area (Å²) in [7, 11) is 0. The van der Waals surface area contributed by atoms with E-state index in [9.17, 15) is 0 Å². The molecule has 0 aliphatic carbocycles. The zero-order valence-electron chi connectivity index (χ0n) is 8.12. The summed E-state index contributed by atoms with van der Waals surface area (Å²) in [5.74, 6) is 0. The van der Waals surface area contributed by atoms with Gasteiger partial charge in [-0.3, -0.25) is 0 Å². The minimum atomic E-state index is 0.146. The van der Waals surface area contributed by atoms with Crippen molar-refractivity contribution in [2.75, 3.05) is 0 Å². The molecule has 1 heteroatoms. The van der Waals surface area contributed by atoms with Crippen LogP contribution < -0.4 is 0 Å². The SMILES string of the molecule is CC1(C)OC1(C)C.CCC. The molecule has 1 nitrogen and oxygen atoms in total. The van der Waals surface area contributed by atoms with Gasteiger partial charge in [-0.2, -0.15) is 0 Å². The first-order valence-electron chi connectivity index (χ1n) is 4.07. The maximum absolute atomic E-state index is 5.29. The van der Waals surface area contributed by atoms with E-state index in [1.165, 1.54) is 6.42 Å². The highest BCUT2D eigenvalue weighted by Gasteiger charge is 2.55. The van der Waals surface area contributed by atoms with E-state index in [-0.39, 0.29) is 11.2 Å². The molecule has 0 aromatic rings. The Hall–Kier alpha value is -0.0400. The van der Waals surface area contributed by atoms with Gasteiger partial charge in [-0.1, -0.05) is 20.3 Å². The van der Waals surface area contributed by atoms with Crippen LogP contribution in [0.5, 0.6) is 0 Å². The molecule has 0 amide bonds. The van der Waals surface area contributed by atoms with Crippen molar-refractivity contribution >= 4 is 0 Å². The van der Waals surface area contributed by atoms with Crippen LogP contribution in [0.1, 0.15) is 48.0 Å². The lowest BCUT2D eigenvalue weighted by molar-refractivity contribution is 0.296. The van der Waals surface area contributed by atoms with E-state index in [2.05, 4.69) is 41.5 Å². The fourth-order valence-electron chi connectivity index (χ4n) is 0.612. The van der Waals surface area contributed by atoms with Gasteiger partial charge in [0.2, 0.25) is 0 Å². The van der Waals surface area contributed by atoms with E-state index in [1.807, 2.05) is 0 Å². The molecule has 1 saturated heterocycles. The van der Waals surface area contributed by atoms with Gasteiger partial charge in [0.05, 0.1) is 11.2 Å². The van der Waals surface area contributed by atoms with E-state index >= 15 is 0 Å². The van der Waals surface area contributed by atoms with Gasteiger partial charge in [-0.05, 0) is 27.7 Å². The van der Waals surface area contributed by atoms with Gasteiger partial charge in [0.1, 0.15) is 0 Å². The Morgan fingerprint density at radius 3 is 1.00 bits per heavy atom. The molecule has 0 bridgehead atoms. The zero-order valence-corrected chi connectivity index (χ0v) is 8.12. The van der Waals surface area contributed by atoms with Gasteiger partial charge >= 0.3 is 0 Å². The lowest BCUT2D eigenvalue weighted by Gasteiger charge is -1.95. The van der Waals surface area contributed by atoms with Crippen molar-refractivity contribution in [3.05, 3.63) is 0 Å². The average molecular weight is 144 g/mol. The maximum Gasteiger partial charge on any atom is 0.0918 e. The van der Waals surface area contributed by atoms with Crippen molar-refractivity contribution in [2.45, 2.75) is 59.2 Å². The van der Waals surface area contributed by atoms with Crippen molar-refractivity contribution < 1.29 is 4.74 Å². The fraction of sp³-hybridized carbons (Fsp3) is 1.00. The second kappa shape index (κ2) is 2.91. The van der Waals surface area contributed by atoms with E-state index < -0.39 is 0 Å². The van der Waals surface area contributed by atoms with Crippen LogP contribution in [-0.2, 0) is 4.74 Å². The van der Waals surface area contributed by atoms with Crippen LogP contribution in [0.3, 0.4) is 0 Å². The summed E-state index contributed by atoms with van der Waals surface area (Å²) in [6.07, 6.45) is 1.25. The van der Waals surface area contributed by atoms with Crippen LogP contribution >= 0.6 is 0 Å². The number of hydrogen-bond acceptors (Lipinski definition) is 1. The van der Waals surface area contributed by atoms with E-state index in [0.717, 1.165) is 0 Å².